The van der Waals surface area contributed by atoms with Crippen LogP contribution in [-0.2, 0) is 4.74 Å². The number of ether oxygens (including phenoxy) is 1. The zero-order valence-electron chi connectivity index (χ0n) is 10.9. The topological polar surface area (TPSA) is 53.1 Å². The number of benzene rings is 1. The van der Waals surface area contributed by atoms with Gasteiger partial charge in [0.25, 0.3) is 0 Å². The van der Waals surface area contributed by atoms with Crippen molar-refractivity contribution in [1.82, 2.24) is 9.55 Å². The van der Waals surface area contributed by atoms with Crippen LogP contribution >= 0.6 is 0 Å². The summed E-state index contributed by atoms with van der Waals surface area (Å²) in [5, 5.41) is 0. The van der Waals surface area contributed by atoms with E-state index in [0.717, 1.165) is 36.5 Å². The van der Waals surface area contributed by atoms with Gasteiger partial charge in [-0.15, -0.1) is 0 Å². The molecule has 18 heavy (non-hydrogen) atoms. The van der Waals surface area contributed by atoms with Crippen molar-refractivity contribution in [3.8, 4) is 0 Å². The Labute approximate surface area is 107 Å². The van der Waals surface area contributed by atoms with Gasteiger partial charge in [0.15, 0.2) is 0 Å². The molecule has 1 heterocycles. The maximum absolute atomic E-state index is 5.80. The number of hydrogen-bond donors (Lipinski definition) is 1. The summed E-state index contributed by atoms with van der Waals surface area (Å²) in [6, 6.07) is 6.48. The Morgan fingerprint density at radius 3 is 2.94 bits per heavy atom. The highest BCUT2D eigenvalue weighted by atomic mass is 16.5. The molecule has 0 amide bonds. The van der Waals surface area contributed by atoms with Gasteiger partial charge in [-0.2, -0.15) is 0 Å². The van der Waals surface area contributed by atoms with Gasteiger partial charge in [-0.05, 0) is 44.9 Å². The van der Waals surface area contributed by atoms with Crippen LogP contribution in [0.25, 0.3) is 11.0 Å². The van der Waals surface area contributed by atoms with Crippen molar-refractivity contribution in [1.29, 1.82) is 0 Å². The van der Waals surface area contributed by atoms with Crippen LogP contribution < -0.4 is 5.73 Å². The number of fused-ring (bicyclic) bond motifs is 1. The summed E-state index contributed by atoms with van der Waals surface area (Å²) in [4.78, 5) is 4.59. The Morgan fingerprint density at radius 1 is 1.44 bits per heavy atom. The van der Waals surface area contributed by atoms with E-state index in [4.69, 9.17) is 10.5 Å². The molecule has 1 aliphatic rings. The first-order valence-corrected chi connectivity index (χ1v) is 6.54. The minimum Gasteiger partial charge on any atom is -0.399 e. The van der Waals surface area contributed by atoms with Crippen LogP contribution in [0.1, 0.15) is 31.6 Å². The molecule has 2 N–H and O–H groups in total. The maximum Gasteiger partial charge on any atom is 0.106 e. The van der Waals surface area contributed by atoms with E-state index in [-0.39, 0.29) is 0 Å². The van der Waals surface area contributed by atoms with E-state index in [9.17, 15) is 0 Å². The van der Waals surface area contributed by atoms with E-state index >= 15 is 0 Å². The van der Waals surface area contributed by atoms with E-state index in [1.54, 1.807) is 0 Å². The molecule has 1 saturated carbocycles. The third-order valence-electron chi connectivity index (χ3n) is 3.73. The second kappa shape index (κ2) is 4.28. The highest BCUT2D eigenvalue weighted by Crippen LogP contribution is 2.37. The fourth-order valence-corrected chi connectivity index (χ4v) is 2.82. The van der Waals surface area contributed by atoms with Gasteiger partial charge in [0, 0.05) is 18.3 Å². The van der Waals surface area contributed by atoms with Crippen molar-refractivity contribution in [2.24, 2.45) is 0 Å². The Balaban J connectivity index is 1.91. The van der Waals surface area contributed by atoms with Crippen molar-refractivity contribution in [2.45, 2.75) is 38.8 Å². The molecule has 0 unspecified atom stereocenters. The summed E-state index contributed by atoms with van der Waals surface area (Å²) >= 11 is 0. The second-order valence-corrected chi connectivity index (χ2v) is 4.98. The molecular weight excluding hydrogens is 226 g/mol. The monoisotopic (exact) mass is 245 g/mol. The summed E-state index contributed by atoms with van der Waals surface area (Å²) < 4.78 is 7.95. The molecule has 0 bridgehead atoms. The number of nitrogen functional groups attached to an aromatic ring is 1. The summed E-state index contributed by atoms with van der Waals surface area (Å²) in [7, 11) is 0. The van der Waals surface area contributed by atoms with Gasteiger partial charge in [0.1, 0.15) is 5.82 Å². The van der Waals surface area contributed by atoms with Crippen molar-refractivity contribution in [3.05, 3.63) is 24.0 Å². The third-order valence-corrected chi connectivity index (χ3v) is 3.73. The highest BCUT2D eigenvalue weighted by molar-refractivity contribution is 5.79. The number of anilines is 1. The summed E-state index contributed by atoms with van der Waals surface area (Å²) in [5.41, 5.74) is 8.74. The highest BCUT2D eigenvalue weighted by Gasteiger charge is 2.32. The van der Waals surface area contributed by atoms with Crippen LogP contribution in [0.4, 0.5) is 5.69 Å². The molecule has 4 heteroatoms. The molecule has 0 aliphatic heterocycles. The Hall–Kier alpha value is -1.55. The molecule has 4 nitrogen and oxygen atoms in total. The minimum atomic E-state index is 0.422. The molecule has 0 saturated heterocycles. The predicted molar refractivity (Wildman–Crippen MR) is 72.6 cm³/mol. The molecule has 1 aromatic carbocycles. The smallest absolute Gasteiger partial charge is 0.106 e. The lowest BCUT2D eigenvalue weighted by molar-refractivity contribution is -0.0191. The van der Waals surface area contributed by atoms with Gasteiger partial charge in [-0.3, -0.25) is 0 Å². The maximum atomic E-state index is 5.80. The number of hydrogen-bond acceptors (Lipinski definition) is 3. The molecule has 0 radical (unpaired) electrons. The normalized spacial score (nSPS) is 23.2. The Bertz CT molecular complexity index is 570. The second-order valence-electron chi connectivity index (χ2n) is 4.98. The van der Waals surface area contributed by atoms with Crippen LogP contribution in [0.2, 0.25) is 0 Å². The van der Waals surface area contributed by atoms with E-state index in [2.05, 4.69) is 22.5 Å². The molecular formula is C14H19N3O. The number of aryl methyl sites for hydroxylation is 1. The predicted octanol–water partition coefficient (Wildman–Crippen LogP) is 2.67. The largest absolute Gasteiger partial charge is 0.399 e. The number of imidazole rings is 1. The van der Waals surface area contributed by atoms with Crippen LogP contribution in [0.15, 0.2) is 18.2 Å². The Kier molecular flexibility index (Phi) is 2.74. The lowest BCUT2D eigenvalue weighted by atomic mass is 9.88. The average Bonchev–Trinajstić information content (AvgIpc) is 2.58. The molecule has 3 rings (SSSR count). The lowest BCUT2D eigenvalue weighted by Gasteiger charge is -2.36. The summed E-state index contributed by atoms with van der Waals surface area (Å²) in [6.07, 6.45) is 2.60. The van der Waals surface area contributed by atoms with Crippen molar-refractivity contribution in [3.63, 3.8) is 0 Å². The van der Waals surface area contributed by atoms with E-state index in [1.165, 1.54) is 5.52 Å². The zero-order valence-corrected chi connectivity index (χ0v) is 10.9. The first-order valence-electron chi connectivity index (χ1n) is 6.54. The van der Waals surface area contributed by atoms with Crippen LogP contribution in [0, 0.1) is 6.92 Å². The van der Waals surface area contributed by atoms with Crippen LogP contribution in [0.5, 0.6) is 0 Å². The fraction of sp³-hybridized carbons (Fsp3) is 0.500. The van der Waals surface area contributed by atoms with E-state index < -0.39 is 0 Å². The van der Waals surface area contributed by atoms with E-state index in [0.29, 0.717) is 12.1 Å². The SMILES string of the molecule is CCOC1CC(n2c(C)nc3cc(N)ccc32)C1. The first-order chi connectivity index (χ1) is 8.69. The van der Waals surface area contributed by atoms with Gasteiger partial charge >= 0.3 is 0 Å². The van der Waals surface area contributed by atoms with E-state index in [1.807, 2.05) is 19.1 Å². The van der Waals surface area contributed by atoms with Crippen molar-refractivity contribution < 1.29 is 4.74 Å². The first kappa shape index (κ1) is 11.5. The molecule has 0 atom stereocenters. The number of nitrogens with two attached hydrogens (primary N) is 1. The summed E-state index contributed by atoms with van der Waals surface area (Å²) in [5.74, 6) is 1.07. The minimum absolute atomic E-state index is 0.422. The van der Waals surface area contributed by atoms with Crippen LogP contribution in [0.3, 0.4) is 0 Å². The zero-order chi connectivity index (χ0) is 12.7. The standard InChI is InChI=1S/C14H19N3O/c1-3-18-12-7-11(8-12)17-9(2)16-13-6-10(15)4-5-14(13)17/h4-6,11-12H,3,7-8,15H2,1-2H3. The van der Waals surface area contributed by atoms with Crippen LogP contribution in [-0.4, -0.2) is 22.3 Å². The van der Waals surface area contributed by atoms with Gasteiger partial charge in [0.2, 0.25) is 0 Å². The quantitative estimate of drug-likeness (QED) is 0.846. The van der Waals surface area contributed by atoms with Crippen molar-refractivity contribution >= 4 is 16.7 Å². The summed E-state index contributed by atoms with van der Waals surface area (Å²) in [6.45, 7) is 4.91. The molecule has 0 spiro atoms. The Morgan fingerprint density at radius 2 is 2.22 bits per heavy atom. The molecule has 1 aliphatic carbocycles. The number of rotatable bonds is 3. The molecule has 96 valence electrons. The third kappa shape index (κ3) is 1.77. The van der Waals surface area contributed by atoms with Gasteiger partial charge in [0.05, 0.1) is 17.1 Å². The number of aromatic nitrogens is 2. The molecule has 1 aromatic heterocycles. The molecule has 2 aromatic rings. The average molecular weight is 245 g/mol. The van der Waals surface area contributed by atoms with Crippen molar-refractivity contribution in [2.75, 3.05) is 12.3 Å². The van der Waals surface area contributed by atoms with Gasteiger partial charge in [-0.25, -0.2) is 4.98 Å². The van der Waals surface area contributed by atoms with Gasteiger partial charge in [-0.1, -0.05) is 0 Å². The lowest BCUT2D eigenvalue weighted by Crippen LogP contribution is -2.33. The fourth-order valence-electron chi connectivity index (χ4n) is 2.82. The van der Waals surface area contributed by atoms with Gasteiger partial charge < -0.3 is 15.0 Å². The number of nitrogens with zero attached hydrogens (tertiary/aromatic N) is 2. The molecule has 1 fully saturated rings.